The van der Waals surface area contributed by atoms with Crippen LogP contribution in [0.4, 0.5) is 0 Å². The average Bonchev–Trinajstić information content (AvgIpc) is 2.42. The molecule has 0 aliphatic rings. The largest absolute Gasteiger partial charge is 0.497 e. The van der Waals surface area contributed by atoms with E-state index in [9.17, 15) is 0 Å². The van der Waals surface area contributed by atoms with Gasteiger partial charge in [0.15, 0.2) is 0 Å². The van der Waals surface area contributed by atoms with Crippen LogP contribution >= 0.6 is 11.8 Å². The van der Waals surface area contributed by atoms with Crippen LogP contribution in [-0.4, -0.2) is 32.3 Å². The quantitative estimate of drug-likeness (QED) is 0.698. The molecule has 1 aromatic rings. The number of rotatable bonds is 9. The summed E-state index contributed by atoms with van der Waals surface area (Å²) in [5.74, 6) is 4.20. The highest BCUT2D eigenvalue weighted by Gasteiger charge is 2.04. The molecule has 102 valence electrons. The molecular formula is C14H23NO2S. The summed E-state index contributed by atoms with van der Waals surface area (Å²) in [4.78, 5) is 0. The third-order valence-corrected chi connectivity index (χ3v) is 3.63. The van der Waals surface area contributed by atoms with Gasteiger partial charge in [-0.2, -0.15) is 11.8 Å². The van der Waals surface area contributed by atoms with Crippen LogP contribution in [0.25, 0.3) is 0 Å². The molecule has 0 atom stereocenters. The molecule has 0 heterocycles. The Hall–Kier alpha value is -0.870. The lowest BCUT2D eigenvalue weighted by molar-refractivity contribution is 0.397. The second-order valence-corrected chi connectivity index (χ2v) is 5.30. The van der Waals surface area contributed by atoms with E-state index in [-0.39, 0.29) is 0 Å². The standard InChI is InChI=1S/C14H23NO2S/c1-4-18-9-5-8-15-11-12-10-13(16-2)6-7-14(12)17-3/h6-7,10,15H,4-5,8-9,11H2,1-3H3. The van der Waals surface area contributed by atoms with Crippen molar-refractivity contribution < 1.29 is 9.47 Å². The van der Waals surface area contributed by atoms with Gasteiger partial charge in [-0.3, -0.25) is 0 Å². The molecule has 3 nitrogen and oxygen atoms in total. The first-order chi connectivity index (χ1) is 8.81. The van der Waals surface area contributed by atoms with Gasteiger partial charge in [0, 0.05) is 12.1 Å². The molecule has 0 aromatic heterocycles. The maximum atomic E-state index is 5.34. The van der Waals surface area contributed by atoms with E-state index in [4.69, 9.17) is 9.47 Å². The van der Waals surface area contributed by atoms with Crippen LogP contribution in [0.1, 0.15) is 18.9 Å². The SMILES string of the molecule is CCSCCCNCc1cc(OC)ccc1OC. The van der Waals surface area contributed by atoms with Crippen molar-refractivity contribution in [2.75, 3.05) is 32.3 Å². The summed E-state index contributed by atoms with van der Waals surface area (Å²) in [6.45, 7) is 4.05. The Morgan fingerprint density at radius 2 is 2.06 bits per heavy atom. The molecule has 0 unspecified atom stereocenters. The first-order valence-electron chi connectivity index (χ1n) is 6.31. The molecular weight excluding hydrogens is 246 g/mol. The summed E-state index contributed by atoms with van der Waals surface area (Å²) in [7, 11) is 3.38. The van der Waals surface area contributed by atoms with Crippen LogP contribution in [0.3, 0.4) is 0 Å². The van der Waals surface area contributed by atoms with Crippen molar-refractivity contribution in [3.05, 3.63) is 23.8 Å². The molecule has 0 fully saturated rings. The van der Waals surface area contributed by atoms with Gasteiger partial charge < -0.3 is 14.8 Å². The third kappa shape index (κ3) is 5.19. The van der Waals surface area contributed by atoms with Gasteiger partial charge in [0.25, 0.3) is 0 Å². The van der Waals surface area contributed by atoms with Crippen molar-refractivity contribution in [2.24, 2.45) is 0 Å². The highest BCUT2D eigenvalue weighted by molar-refractivity contribution is 7.99. The number of methoxy groups -OCH3 is 2. The fourth-order valence-electron chi connectivity index (χ4n) is 1.69. The van der Waals surface area contributed by atoms with Crippen LogP contribution in [0, 0.1) is 0 Å². The summed E-state index contributed by atoms with van der Waals surface area (Å²) < 4.78 is 10.6. The summed E-state index contributed by atoms with van der Waals surface area (Å²) in [6.07, 6.45) is 1.20. The summed E-state index contributed by atoms with van der Waals surface area (Å²) in [5, 5.41) is 3.44. The molecule has 0 radical (unpaired) electrons. The first kappa shape index (κ1) is 15.2. The first-order valence-corrected chi connectivity index (χ1v) is 7.46. The van der Waals surface area contributed by atoms with E-state index in [0.717, 1.165) is 30.2 Å². The van der Waals surface area contributed by atoms with Gasteiger partial charge >= 0.3 is 0 Å². The lowest BCUT2D eigenvalue weighted by Crippen LogP contribution is -2.16. The van der Waals surface area contributed by atoms with Crippen LogP contribution < -0.4 is 14.8 Å². The molecule has 0 spiro atoms. The Labute approximate surface area is 114 Å². The van der Waals surface area contributed by atoms with E-state index in [1.807, 2.05) is 30.0 Å². The molecule has 0 saturated carbocycles. The van der Waals surface area contributed by atoms with Crippen molar-refractivity contribution in [3.8, 4) is 11.5 Å². The van der Waals surface area contributed by atoms with Gasteiger partial charge in [0.05, 0.1) is 14.2 Å². The van der Waals surface area contributed by atoms with Gasteiger partial charge in [-0.05, 0) is 42.7 Å². The third-order valence-electron chi connectivity index (χ3n) is 2.65. The zero-order valence-corrected chi connectivity index (χ0v) is 12.3. The van der Waals surface area contributed by atoms with Gasteiger partial charge in [0.2, 0.25) is 0 Å². The van der Waals surface area contributed by atoms with E-state index in [1.165, 1.54) is 17.9 Å². The number of hydrogen-bond donors (Lipinski definition) is 1. The van der Waals surface area contributed by atoms with E-state index in [0.29, 0.717) is 0 Å². The smallest absolute Gasteiger partial charge is 0.123 e. The van der Waals surface area contributed by atoms with Gasteiger partial charge in [-0.1, -0.05) is 6.92 Å². The van der Waals surface area contributed by atoms with Crippen molar-refractivity contribution in [2.45, 2.75) is 19.9 Å². The molecule has 4 heteroatoms. The molecule has 18 heavy (non-hydrogen) atoms. The van der Waals surface area contributed by atoms with Gasteiger partial charge in [-0.25, -0.2) is 0 Å². The van der Waals surface area contributed by atoms with E-state index >= 15 is 0 Å². The summed E-state index contributed by atoms with van der Waals surface area (Å²) >= 11 is 1.98. The highest BCUT2D eigenvalue weighted by Crippen LogP contribution is 2.23. The monoisotopic (exact) mass is 269 g/mol. The molecule has 0 aliphatic carbocycles. The molecule has 0 amide bonds. The van der Waals surface area contributed by atoms with E-state index in [1.54, 1.807) is 14.2 Å². The number of nitrogens with one attached hydrogen (secondary N) is 1. The average molecular weight is 269 g/mol. The van der Waals surface area contributed by atoms with Gasteiger partial charge in [-0.15, -0.1) is 0 Å². The molecule has 0 aliphatic heterocycles. The maximum Gasteiger partial charge on any atom is 0.123 e. The molecule has 1 aromatic carbocycles. The van der Waals surface area contributed by atoms with Crippen molar-refractivity contribution in [3.63, 3.8) is 0 Å². The lowest BCUT2D eigenvalue weighted by atomic mass is 10.2. The fraction of sp³-hybridized carbons (Fsp3) is 0.571. The highest BCUT2D eigenvalue weighted by atomic mass is 32.2. The minimum absolute atomic E-state index is 0.817. The van der Waals surface area contributed by atoms with Crippen LogP contribution in [0.15, 0.2) is 18.2 Å². The minimum Gasteiger partial charge on any atom is -0.497 e. The minimum atomic E-state index is 0.817. The Kier molecular flexibility index (Phi) is 7.69. The Bertz CT molecular complexity index is 345. The zero-order chi connectivity index (χ0) is 13.2. The number of benzene rings is 1. The Balaban J connectivity index is 2.39. The summed E-state index contributed by atoms with van der Waals surface area (Å²) in [6, 6.07) is 5.88. The fourth-order valence-corrected chi connectivity index (χ4v) is 2.32. The van der Waals surface area contributed by atoms with Crippen molar-refractivity contribution in [1.29, 1.82) is 0 Å². The van der Waals surface area contributed by atoms with Gasteiger partial charge in [0.1, 0.15) is 11.5 Å². The summed E-state index contributed by atoms with van der Waals surface area (Å²) in [5.41, 5.74) is 1.14. The maximum absolute atomic E-state index is 5.34. The normalized spacial score (nSPS) is 10.4. The van der Waals surface area contributed by atoms with E-state index < -0.39 is 0 Å². The predicted octanol–water partition coefficient (Wildman–Crippen LogP) is 2.94. The van der Waals surface area contributed by atoms with Crippen LogP contribution in [0.5, 0.6) is 11.5 Å². The van der Waals surface area contributed by atoms with Crippen LogP contribution in [-0.2, 0) is 6.54 Å². The van der Waals surface area contributed by atoms with E-state index in [2.05, 4.69) is 12.2 Å². The topological polar surface area (TPSA) is 30.5 Å². The Morgan fingerprint density at radius 1 is 1.22 bits per heavy atom. The molecule has 1 rings (SSSR count). The Morgan fingerprint density at radius 3 is 2.72 bits per heavy atom. The molecule has 0 bridgehead atoms. The second kappa shape index (κ2) is 9.11. The lowest BCUT2D eigenvalue weighted by Gasteiger charge is -2.11. The number of hydrogen-bond acceptors (Lipinski definition) is 4. The predicted molar refractivity (Wildman–Crippen MR) is 78.9 cm³/mol. The number of ether oxygens (including phenoxy) is 2. The zero-order valence-electron chi connectivity index (χ0n) is 11.5. The van der Waals surface area contributed by atoms with Crippen molar-refractivity contribution >= 4 is 11.8 Å². The van der Waals surface area contributed by atoms with Crippen LogP contribution in [0.2, 0.25) is 0 Å². The van der Waals surface area contributed by atoms with Crippen molar-refractivity contribution in [1.82, 2.24) is 5.32 Å². The molecule has 0 saturated heterocycles. The number of thioether (sulfide) groups is 1. The second-order valence-electron chi connectivity index (χ2n) is 3.91. The molecule has 1 N–H and O–H groups in total.